The maximum atomic E-state index is 4.57. The van der Waals surface area contributed by atoms with Gasteiger partial charge in [-0.05, 0) is 0 Å². The molecule has 0 aliphatic carbocycles. The van der Waals surface area contributed by atoms with Crippen LogP contribution in [0, 0.1) is 27.7 Å². The first-order chi connectivity index (χ1) is 9.02. The summed E-state index contributed by atoms with van der Waals surface area (Å²) >= 11 is -0.627. The van der Waals surface area contributed by atoms with Gasteiger partial charge in [0, 0.05) is 0 Å². The summed E-state index contributed by atoms with van der Waals surface area (Å²) < 4.78 is 0. The number of aryl methyl sites for hydroxylation is 4. The van der Waals surface area contributed by atoms with Crippen LogP contribution in [0.5, 0.6) is 0 Å². The predicted octanol–water partition coefficient (Wildman–Crippen LogP) is 4.13. The standard InChI is InChI=1S/2C7H9NS.Sn/c2*1-5-3-6(2)8-7(9)4-5;/h2*3-4H,1-2H3,(H,8,9);/q;;+2/p-2. The van der Waals surface area contributed by atoms with Gasteiger partial charge in [-0.25, -0.2) is 0 Å². The van der Waals surface area contributed by atoms with E-state index in [1.165, 1.54) is 21.2 Å². The molecule has 0 aliphatic rings. The van der Waals surface area contributed by atoms with Crippen LogP contribution in [0.25, 0.3) is 0 Å². The summed E-state index contributed by atoms with van der Waals surface area (Å²) in [6.07, 6.45) is 0. The number of hydrogen-bond acceptors (Lipinski definition) is 4. The number of rotatable bonds is 4. The van der Waals surface area contributed by atoms with E-state index in [9.17, 15) is 0 Å². The van der Waals surface area contributed by atoms with Gasteiger partial charge in [0.2, 0.25) is 0 Å². The van der Waals surface area contributed by atoms with Crippen LogP contribution in [0.1, 0.15) is 22.5 Å². The van der Waals surface area contributed by atoms with Gasteiger partial charge in [0.15, 0.2) is 0 Å². The zero-order chi connectivity index (χ0) is 13.8. The van der Waals surface area contributed by atoms with Crippen molar-refractivity contribution in [3.63, 3.8) is 0 Å². The average molecular weight is 395 g/mol. The molecule has 2 rings (SSSR count). The molecular weight excluding hydrogens is 379 g/mol. The summed E-state index contributed by atoms with van der Waals surface area (Å²) in [6, 6.07) is 8.59. The van der Waals surface area contributed by atoms with Crippen LogP contribution in [-0.4, -0.2) is 28.3 Å². The van der Waals surface area contributed by atoms with Crippen LogP contribution in [0.4, 0.5) is 0 Å². The second-order valence-corrected chi connectivity index (χ2v) is 14.2. The van der Waals surface area contributed by atoms with E-state index in [4.69, 9.17) is 0 Å². The molecule has 0 saturated carbocycles. The monoisotopic (exact) mass is 396 g/mol. The van der Waals surface area contributed by atoms with Gasteiger partial charge >= 0.3 is 131 Å². The van der Waals surface area contributed by atoms with Crippen LogP contribution >= 0.6 is 17.9 Å². The zero-order valence-electron chi connectivity index (χ0n) is 11.5. The molecule has 0 bridgehead atoms. The summed E-state index contributed by atoms with van der Waals surface area (Å²) in [5, 5.41) is 2.34. The summed E-state index contributed by atoms with van der Waals surface area (Å²) in [5.74, 6) is 0. The molecule has 0 saturated heterocycles. The zero-order valence-corrected chi connectivity index (χ0v) is 16.0. The first-order valence-corrected chi connectivity index (χ1v) is 14.6. The van der Waals surface area contributed by atoms with Gasteiger partial charge in [-0.1, -0.05) is 0 Å². The molecule has 0 amide bonds. The first-order valence-electron chi connectivity index (χ1n) is 6.02. The third-order valence-electron chi connectivity index (χ3n) is 2.44. The Morgan fingerprint density at radius 1 is 0.737 bits per heavy atom. The van der Waals surface area contributed by atoms with E-state index < -0.39 is 18.4 Å². The van der Waals surface area contributed by atoms with Crippen molar-refractivity contribution in [3.05, 3.63) is 46.8 Å². The van der Waals surface area contributed by atoms with E-state index in [0.717, 1.165) is 11.4 Å². The van der Waals surface area contributed by atoms with Crippen molar-refractivity contribution in [1.29, 1.82) is 0 Å². The van der Waals surface area contributed by atoms with E-state index in [1.54, 1.807) is 0 Å². The van der Waals surface area contributed by atoms with Crippen molar-refractivity contribution in [2.24, 2.45) is 0 Å². The molecule has 0 atom stereocenters. The van der Waals surface area contributed by atoms with Gasteiger partial charge in [0.25, 0.3) is 0 Å². The Hall–Kier alpha value is -0.201. The van der Waals surface area contributed by atoms with Crippen molar-refractivity contribution in [2.45, 2.75) is 37.7 Å². The molecule has 98 valence electrons. The summed E-state index contributed by atoms with van der Waals surface area (Å²) in [6.45, 7) is 8.37. The average Bonchev–Trinajstić information content (AvgIpc) is 2.26. The maximum absolute atomic E-state index is 4.57. The Bertz CT molecular complexity index is 496. The van der Waals surface area contributed by atoms with E-state index >= 15 is 0 Å². The summed E-state index contributed by atoms with van der Waals surface area (Å²) in [7, 11) is 3.87. The Labute approximate surface area is 130 Å². The Morgan fingerprint density at radius 3 is 1.53 bits per heavy atom. The van der Waals surface area contributed by atoms with Crippen LogP contribution in [-0.2, 0) is 0 Å². The Kier molecular flexibility index (Phi) is 5.59. The molecular formula is C14H16N2S2Sn. The van der Waals surface area contributed by atoms with Gasteiger partial charge in [-0.3, -0.25) is 0 Å². The van der Waals surface area contributed by atoms with Gasteiger partial charge < -0.3 is 0 Å². The molecule has 0 aromatic carbocycles. The third kappa shape index (κ3) is 5.00. The minimum atomic E-state index is -0.627. The van der Waals surface area contributed by atoms with Crippen molar-refractivity contribution in [1.82, 2.24) is 9.97 Å². The van der Waals surface area contributed by atoms with Crippen molar-refractivity contribution in [2.75, 3.05) is 0 Å². The normalized spacial score (nSPS) is 10.7. The molecule has 2 radical (unpaired) electrons. The number of nitrogens with zero attached hydrogens (tertiary/aromatic N) is 2. The minimum absolute atomic E-state index is 0.627. The molecule has 0 unspecified atom stereocenters. The van der Waals surface area contributed by atoms with Crippen LogP contribution < -0.4 is 0 Å². The van der Waals surface area contributed by atoms with Gasteiger partial charge in [-0.2, -0.15) is 0 Å². The topological polar surface area (TPSA) is 25.8 Å². The second kappa shape index (κ2) is 6.99. The predicted molar refractivity (Wildman–Crippen MR) is 84.9 cm³/mol. The van der Waals surface area contributed by atoms with Crippen LogP contribution in [0.15, 0.2) is 34.3 Å². The molecule has 5 heteroatoms. The fraction of sp³-hybridized carbons (Fsp3) is 0.286. The van der Waals surface area contributed by atoms with Gasteiger partial charge in [0.05, 0.1) is 0 Å². The molecule has 0 aliphatic heterocycles. The molecule has 2 aromatic heterocycles. The SMILES string of the molecule is Cc1cc(C)nc([S][Sn][S]c2cc(C)cc(C)n2)c1. The molecule has 0 fully saturated rings. The van der Waals surface area contributed by atoms with E-state index in [2.05, 4.69) is 61.9 Å². The molecule has 0 spiro atoms. The van der Waals surface area contributed by atoms with Crippen LogP contribution in [0.3, 0.4) is 0 Å². The second-order valence-electron chi connectivity index (χ2n) is 4.54. The van der Waals surface area contributed by atoms with Crippen molar-refractivity contribution >= 4 is 36.3 Å². The van der Waals surface area contributed by atoms with Crippen molar-refractivity contribution in [3.8, 4) is 0 Å². The molecule has 2 aromatic rings. The first kappa shape index (κ1) is 15.2. The Balaban J connectivity index is 1.96. The van der Waals surface area contributed by atoms with Crippen LogP contribution in [0.2, 0.25) is 0 Å². The Morgan fingerprint density at radius 2 is 1.16 bits per heavy atom. The number of aromatic nitrogens is 2. The molecule has 0 N–H and O–H groups in total. The summed E-state index contributed by atoms with van der Waals surface area (Å²) in [4.78, 5) is 9.14. The number of pyridine rings is 2. The van der Waals surface area contributed by atoms with Gasteiger partial charge in [-0.15, -0.1) is 0 Å². The van der Waals surface area contributed by atoms with E-state index in [-0.39, 0.29) is 0 Å². The summed E-state index contributed by atoms with van der Waals surface area (Å²) in [5.41, 5.74) is 4.81. The molecule has 2 heterocycles. The molecule has 19 heavy (non-hydrogen) atoms. The molecule has 2 nitrogen and oxygen atoms in total. The van der Waals surface area contributed by atoms with E-state index in [0.29, 0.717) is 0 Å². The van der Waals surface area contributed by atoms with Crippen molar-refractivity contribution < 1.29 is 0 Å². The third-order valence-corrected chi connectivity index (χ3v) is 11.8. The fourth-order valence-electron chi connectivity index (χ4n) is 1.82. The van der Waals surface area contributed by atoms with E-state index in [1.807, 2.05) is 17.9 Å². The fourth-order valence-corrected chi connectivity index (χ4v) is 10.8. The quantitative estimate of drug-likeness (QED) is 0.728. The van der Waals surface area contributed by atoms with Gasteiger partial charge in [0.1, 0.15) is 0 Å². The number of hydrogen-bond donors (Lipinski definition) is 0.